The molecule has 1 aliphatic heterocycles. The van der Waals surface area contributed by atoms with Gasteiger partial charge in [-0.3, -0.25) is 9.69 Å². The van der Waals surface area contributed by atoms with Crippen LogP contribution in [0.2, 0.25) is 5.02 Å². The number of carbonyl (C=O) groups excluding carboxylic acids is 3. The summed E-state index contributed by atoms with van der Waals surface area (Å²) in [4.78, 5) is 43.3. The fourth-order valence-corrected chi connectivity index (χ4v) is 6.14. The molecule has 2 N–H and O–H groups in total. The lowest BCUT2D eigenvalue weighted by Gasteiger charge is -2.39. The van der Waals surface area contributed by atoms with Crippen LogP contribution in [0.4, 0.5) is 32.8 Å². The van der Waals surface area contributed by atoms with E-state index < -0.39 is 72.9 Å². The van der Waals surface area contributed by atoms with Crippen molar-refractivity contribution < 1.29 is 50.9 Å². The maximum Gasteiger partial charge on any atom is 0.410 e. The summed E-state index contributed by atoms with van der Waals surface area (Å²) >= 11 is 6.44. The summed E-state index contributed by atoms with van der Waals surface area (Å²) in [7, 11) is 1.46. The molecule has 55 heavy (non-hydrogen) atoms. The second kappa shape index (κ2) is 18.9. The minimum atomic E-state index is -4.65. The van der Waals surface area contributed by atoms with Crippen LogP contribution in [0, 0.1) is 5.82 Å². The van der Waals surface area contributed by atoms with E-state index in [4.69, 9.17) is 30.5 Å². The summed E-state index contributed by atoms with van der Waals surface area (Å²) in [6.07, 6.45) is -7.29. The molecule has 3 amide bonds. The number of ether oxygens (including phenoxy) is 4. The summed E-state index contributed by atoms with van der Waals surface area (Å²) in [5, 5.41) is 8.47. The fourth-order valence-electron chi connectivity index (χ4n) is 5.87. The number of hydrogen-bond acceptors (Lipinski definition) is 8. The Hall–Kier alpha value is -5.25. The highest BCUT2D eigenvalue weighted by Crippen LogP contribution is 2.36. The zero-order chi connectivity index (χ0) is 40.3. The Morgan fingerprint density at radius 3 is 2.44 bits per heavy atom. The average molecular weight is 793 g/mol. The van der Waals surface area contributed by atoms with Crippen LogP contribution in [0.15, 0.2) is 71.8 Å². The predicted octanol–water partition coefficient (Wildman–Crippen LogP) is 8.16. The Morgan fingerprint density at radius 1 is 1.07 bits per heavy atom. The van der Waals surface area contributed by atoms with Crippen molar-refractivity contribution in [3.8, 4) is 5.75 Å². The van der Waals surface area contributed by atoms with Gasteiger partial charge in [-0.05, 0) is 74.5 Å². The Labute approximate surface area is 319 Å². The van der Waals surface area contributed by atoms with Crippen LogP contribution < -0.4 is 15.4 Å². The fraction of sp³-hybridized carbons (Fsp3) is 0.432. The van der Waals surface area contributed by atoms with E-state index in [1.807, 2.05) is 0 Å². The molecule has 3 aromatic rings. The number of nitrogens with one attached hydrogen (secondary N) is 2. The number of nitrogens with zero attached hydrogens (tertiary/aromatic N) is 4. The van der Waals surface area contributed by atoms with E-state index in [0.717, 1.165) is 0 Å². The van der Waals surface area contributed by atoms with E-state index in [1.54, 1.807) is 74.6 Å². The van der Waals surface area contributed by atoms with Gasteiger partial charge in [0.15, 0.2) is 0 Å². The first-order valence-corrected chi connectivity index (χ1v) is 17.5. The molecule has 0 spiro atoms. The van der Waals surface area contributed by atoms with E-state index in [0.29, 0.717) is 16.9 Å². The number of rotatable bonds is 13. The highest BCUT2D eigenvalue weighted by Gasteiger charge is 2.37. The van der Waals surface area contributed by atoms with Gasteiger partial charge in [-0.25, -0.2) is 14.0 Å². The Morgan fingerprint density at radius 2 is 1.80 bits per heavy atom. The predicted molar refractivity (Wildman–Crippen MR) is 194 cm³/mol. The number of methoxy groups -OCH3 is 1. The number of morpholine rings is 1. The number of anilines is 1. The first kappa shape index (κ1) is 42.5. The summed E-state index contributed by atoms with van der Waals surface area (Å²) < 4.78 is 74.7. The molecule has 0 aliphatic carbocycles. The summed E-state index contributed by atoms with van der Waals surface area (Å²) in [6, 6.07) is 15.7. The van der Waals surface area contributed by atoms with Crippen molar-refractivity contribution >= 4 is 35.4 Å². The molecular formula is C37H41ClF4N6O7. The van der Waals surface area contributed by atoms with Gasteiger partial charge in [0.1, 0.15) is 36.4 Å². The second-order valence-corrected chi connectivity index (χ2v) is 13.9. The van der Waals surface area contributed by atoms with Crippen LogP contribution >= 0.6 is 11.6 Å². The SMILES string of the molecule is COc1ccc([C@@H](c2ccccc2)[C@H](N=[N+]=[N-])C(=O)Nc2cccc(F)c2CC[C@@H]2CN(C(=O)OC(C)(C)C)[C@H](COC(=O)NCC(F)(F)F)CO2)cc1Cl. The minimum absolute atomic E-state index is 0.0124. The van der Waals surface area contributed by atoms with Gasteiger partial charge in [0.25, 0.3) is 0 Å². The van der Waals surface area contributed by atoms with E-state index in [9.17, 15) is 33.1 Å². The average Bonchev–Trinajstić information content (AvgIpc) is 3.12. The quantitative estimate of drug-likeness (QED) is 0.0763. The van der Waals surface area contributed by atoms with Crippen LogP contribution in [-0.4, -0.2) is 86.4 Å². The number of amides is 3. The molecule has 0 aromatic heterocycles. The number of benzene rings is 3. The van der Waals surface area contributed by atoms with Gasteiger partial charge >= 0.3 is 18.4 Å². The van der Waals surface area contributed by atoms with E-state index in [1.165, 1.54) is 30.2 Å². The van der Waals surface area contributed by atoms with Gasteiger partial charge in [-0.15, -0.1) is 0 Å². The van der Waals surface area contributed by atoms with Gasteiger partial charge in [-0.1, -0.05) is 59.2 Å². The van der Waals surface area contributed by atoms with Crippen LogP contribution in [0.25, 0.3) is 10.4 Å². The third-order valence-corrected chi connectivity index (χ3v) is 8.68. The molecule has 0 radical (unpaired) electrons. The zero-order valence-electron chi connectivity index (χ0n) is 30.4. The van der Waals surface area contributed by atoms with Crippen LogP contribution in [0.3, 0.4) is 0 Å². The molecule has 0 saturated carbocycles. The van der Waals surface area contributed by atoms with Crippen molar-refractivity contribution in [1.82, 2.24) is 10.2 Å². The molecule has 0 bridgehead atoms. The largest absolute Gasteiger partial charge is 0.495 e. The molecule has 1 fully saturated rings. The van der Waals surface area contributed by atoms with Gasteiger partial charge in [-0.2, -0.15) is 13.2 Å². The topological polar surface area (TPSA) is 164 Å². The van der Waals surface area contributed by atoms with Gasteiger partial charge in [0.05, 0.1) is 37.4 Å². The maximum atomic E-state index is 15.5. The van der Waals surface area contributed by atoms with Gasteiger partial charge in [0, 0.05) is 22.1 Å². The van der Waals surface area contributed by atoms with Crippen LogP contribution in [0.5, 0.6) is 5.75 Å². The van der Waals surface area contributed by atoms with Crippen molar-refractivity contribution in [2.45, 2.75) is 69.5 Å². The van der Waals surface area contributed by atoms with Crippen molar-refractivity contribution in [1.29, 1.82) is 0 Å². The van der Waals surface area contributed by atoms with E-state index >= 15 is 4.39 Å². The summed E-state index contributed by atoms with van der Waals surface area (Å²) in [5.74, 6) is -1.77. The lowest BCUT2D eigenvalue weighted by molar-refractivity contribution is -0.124. The monoisotopic (exact) mass is 792 g/mol. The summed E-state index contributed by atoms with van der Waals surface area (Å²) in [6.45, 7) is 2.58. The summed E-state index contributed by atoms with van der Waals surface area (Å²) in [5.41, 5.74) is 10.1. The van der Waals surface area contributed by atoms with Gasteiger partial charge < -0.3 is 29.6 Å². The Kier molecular flexibility index (Phi) is 14.6. The lowest BCUT2D eigenvalue weighted by Crippen LogP contribution is -2.55. The Bertz CT molecular complexity index is 1860. The Balaban J connectivity index is 1.53. The number of halogens is 5. The molecule has 4 atom stereocenters. The zero-order valence-corrected chi connectivity index (χ0v) is 31.2. The van der Waals surface area contributed by atoms with Crippen molar-refractivity contribution in [3.05, 3.63) is 105 Å². The van der Waals surface area contributed by atoms with Gasteiger partial charge in [0.2, 0.25) is 5.91 Å². The third kappa shape index (κ3) is 12.4. The molecule has 296 valence electrons. The highest BCUT2D eigenvalue weighted by molar-refractivity contribution is 6.32. The lowest BCUT2D eigenvalue weighted by atomic mass is 9.84. The second-order valence-electron chi connectivity index (χ2n) is 13.5. The first-order valence-electron chi connectivity index (χ1n) is 17.1. The van der Waals surface area contributed by atoms with Crippen molar-refractivity contribution in [2.75, 3.05) is 38.7 Å². The molecule has 18 heteroatoms. The van der Waals surface area contributed by atoms with Crippen molar-refractivity contribution in [3.63, 3.8) is 0 Å². The third-order valence-electron chi connectivity index (χ3n) is 8.38. The normalized spacial score (nSPS) is 16.9. The standard InChI is InChI=1S/C37H41ClF4N6O7/c1-36(2,3)55-35(51)48-18-25(53-19-24(48)20-54-34(50)44-21-37(40,41)42)14-15-26-28(39)11-8-12-29(26)45-33(49)32(46-47-43)31(22-9-6-5-7-10-22)23-13-16-30(52-4)27(38)17-23/h5-13,16-17,24-25,31-32H,14-15,18-21H2,1-4H3,(H,44,50)(H,45,49)/t24-,25+,31+,32-/m0/s1. The number of hydrogen-bond donors (Lipinski definition) is 2. The molecule has 1 saturated heterocycles. The molecule has 1 heterocycles. The molecule has 1 aliphatic rings. The minimum Gasteiger partial charge on any atom is -0.495 e. The smallest absolute Gasteiger partial charge is 0.410 e. The molecule has 4 rings (SSSR count). The maximum absolute atomic E-state index is 15.5. The van der Waals surface area contributed by atoms with Crippen LogP contribution in [-0.2, 0) is 25.4 Å². The molecule has 0 unspecified atom stereocenters. The number of alkyl halides is 3. The number of alkyl carbamates (subject to hydrolysis) is 1. The van der Waals surface area contributed by atoms with Crippen LogP contribution in [0.1, 0.15) is 49.8 Å². The molecule has 13 nitrogen and oxygen atoms in total. The van der Waals surface area contributed by atoms with E-state index in [-0.39, 0.29) is 42.3 Å². The first-order chi connectivity index (χ1) is 26.0. The number of azide groups is 1. The highest BCUT2D eigenvalue weighted by atomic mass is 35.5. The molecular weight excluding hydrogens is 752 g/mol. The van der Waals surface area contributed by atoms with E-state index in [2.05, 4.69) is 15.3 Å². The van der Waals surface area contributed by atoms with Crippen molar-refractivity contribution in [2.24, 2.45) is 5.11 Å². The molecule has 3 aromatic carbocycles. The number of carbonyl (C=O) groups is 3.